The van der Waals surface area contributed by atoms with Gasteiger partial charge >= 0.3 is 0 Å². The maximum atomic E-state index is 5.40. The third-order valence-electron chi connectivity index (χ3n) is 2.93. The summed E-state index contributed by atoms with van der Waals surface area (Å²) in [7, 11) is 1.84. The zero-order chi connectivity index (χ0) is 9.52. The van der Waals surface area contributed by atoms with E-state index in [1.807, 2.05) is 7.11 Å². The highest BCUT2D eigenvalue weighted by Gasteiger charge is 2.20. The second kappa shape index (κ2) is 6.39. The van der Waals surface area contributed by atoms with Crippen LogP contribution in [0, 0.1) is 5.92 Å². The van der Waals surface area contributed by atoms with E-state index in [9.17, 15) is 0 Å². The lowest BCUT2D eigenvalue weighted by molar-refractivity contribution is 0.0508. The lowest BCUT2D eigenvalue weighted by Crippen LogP contribution is -2.30. The molecule has 0 radical (unpaired) electrons. The molecule has 0 aliphatic heterocycles. The summed E-state index contributed by atoms with van der Waals surface area (Å²) in [5.41, 5.74) is 0. The molecule has 0 aromatic heterocycles. The van der Waals surface area contributed by atoms with E-state index in [0.29, 0.717) is 6.10 Å². The number of hydrogen-bond acceptors (Lipinski definition) is 2. The van der Waals surface area contributed by atoms with Crippen LogP contribution in [0.1, 0.15) is 39.0 Å². The minimum Gasteiger partial charge on any atom is -0.381 e. The predicted octanol–water partition coefficient (Wildman–Crippen LogP) is 2.19. The van der Waals surface area contributed by atoms with Crippen molar-refractivity contribution < 1.29 is 4.74 Å². The molecule has 0 amide bonds. The summed E-state index contributed by atoms with van der Waals surface area (Å²) in [6.45, 7) is 4.56. The van der Waals surface area contributed by atoms with Crippen molar-refractivity contribution in [2.45, 2.75) is 45.1 Å². The van der Waals surface area contributed by atoms with E-state index >= 15 is 0 Å². The Balaban J connectivity index is 2.11. The maximum Gasteiger partial charge on any atom is 0.0574 e. The van der Waals surface area contributed by atoms with Gasteiger partial charge in [-0.15, -0.1) is 0 Å². The zero-order valence-electron chi connectivity index (χ0n) is 9.01. The van der Waals surface area contributed by atoms with Crippen LogP contribution in [0.25, 0.3) is 0 Å². The SMILES string of the molecule is CCCNCC1CCCC(OC)C1. The van der Waals surface area contributed by atoms with Crippen LogP contribution in [0.3, 0.4) is 0 Å². The Labute approximate surface area is 82.0 Å². The van der Waals surface area contributed by atoms with Gasteiger partial charge in [0.25, 0.3) is 0 Å². The Kier molecular flexibility index (Phi) is 5.40. The molecule has 2 heteroatoms. The predicted molar refractivity (Wildman–Crippen MR) is 55.9 cm³/mol. The molecule has 1 saturated carbocycles. The van der Waals surface area contributed by atoms with Gasteiger partial charge in [-0.05, 0) is 44.7 Å². The molecule has 1 N–H and O–H groups in total. The fourth-order valence-corrected chi connectivity index (χ4v) is 2.12. The fourth-order valence-electron chi connectivity index (χ4n) is 2.12. The van der Waals surface area contributed by atoms with Crippen molar-refractivity contribution in [3.8, 4) is 0 Å². The average molecular weight is 185 g/mol. The van der Waals surface area contributed by atoms with Crippen LogP contribution in [0.4, 0.5) is 0 Å². The Bertz CT molecular complexity index is 127. The molecular formula is C11H23NO. The first-order chi connectivity index (χ1) is 6.36. The van der Waals surface area contributed by atoms with Crippen molar-refractivity contribution in [2.24, 2.45) is 5.92 Å². The summed E-state index contributed by atoms with van der Waals surface area (Å²) < 4.78 is 5.40. The third kappa shape index (κ3) is 4.10. The van der Waals surface area contributed by atoms with Crippen LogP contribution >= 0.6 is 0 Å². The fraction of sp³-hybridized carbons (Fsp3) is 1.00. The van der Waals surface area contributed by atoms with Gasteiger partial charge < -0.3 is 10.1 Å². The van der Waals surface area contributed by atoms with Gasteiger partial charge in [0.2, 0.25) is 0 Å². The second-order valence-electron chi connectivity index (χ2n) is 4.09. The van der Waals surface area contributed by atoms with Crippen LogP contribution in [-0.4, -0.2) is 26.3 Å². The summed E-state index contributed by atoms with van der Waals surface area (Å²) >= 11 is 0. The highest BCUT2D eigenvalue weighted by Crippen LogP contribution is 2.25. The van der Waals surface area contributed by atoms with Gasteiger partial charge in [0.1, 0.15) is 0 Å². The molecule has 0 heterocycles. The van der Waals surface area contributed by atoms with Crippen molar-refractivity contribution in [1.82, 2.24) is 5.32 Å². The maximum absolute atomic E-state index is 5.40. The summed E-state index contributed by atoms with van der Waals surface area (Å²) in [6.07, 6.45) is 7.02. The Morgan fingerprint density at radius 2 is 2.23 bits per heavy atom. The standard InChI is InChI=1S/C11H23NO/c1-3-7-12-9-10-5-4-6-11(8-10)13-2/h10-12H,3-9H2,1-2H3. The number of hydrogen-bond donors (Lipinski definition) is 1. The molecule has 0 aromatic carbocycles. The van der Waals surface area contributed by atoms with Gasteiger partial charge in [0, 0.05) is 7.11 Å². The first-order valence-corrected chi connectivity index (χ1v) is 5.60. The third-order valence-corrected chi connectivity index (χ3v) is 2.93. The Morgan fingerprint density at radius 1 is 1.38 bits per heavy atom. The first-order valence-electron chi connectivity index (χ1n) is 5.60. The van der Waals surface area contributed by atoms with Crippen molar-refractivity contribution >= 4 is 0 Å². The second-order valence-corrected chi connectivity index (χ2v) is 4.09. The van der Waals surface area contributed by atoms with Gasteiger partial charge in [0.05, 0.1) is 6.10 Å². The molecule has 2 unspecified atom stereocenters. The number of nitrogens with one attached hydrogen (secondary N) is 1. The molecule has 13 heavy (non-hydrogen) atoms. The van der Waals surface area contributed by atoms with Crippen molar-refractivity contribution in [2.75, 3.05) is 20.2 Å². The number of methoxy groups -OCH3 is 1. The quantitative estimate of drug-likeness (QED) is 0.663. The van der Waals surface area contributed by atoms with Gasteiger partial charge in [-0.2, -0.15) is 0 Å². The monoisotopic (exact) mass is 185 g/mol. The first kappa shape index (κ1) is 11.0. The highest BCUT2D eigenvalue weighted by atomic mass is 16.5. The van der Waals surface area contributed by atoms with Gasteiger partial charge in [-0.1, -0.05) is 13.3 Å². The molecule has 0 spiro atoms. The molecule has 0 saturated heterocycles. The topological polar surface area (TPSA) is 21.3 Å². The van der Waals surface area contributed by atoms with E-state index in [4.69, 9.17) is 4.74 Å². The summed E-state index contributed by atoms with van der Waals surface area (Å²) in [6, 6.07) is 0. The molecular weight excluding hydrogens is 162 g/mol. The van der Waals surface area contributed by atoms with Crippen LogP contribution in [0.5, 0.6) is 0 Å². The number of rotatable bonds is 5. The van der Waals surface area contributed by atoms with Gasteiger partial charge in [-0.25, -0.2) is 0 Å². The molecule has 2 atom stereocenters. The largest absolute Gasteiger partial charge is 0.381 e. The molecule has 0 bridgehead atoms. The summed E-state index contributed by atoms with van der Waals surface area (Å²) in [4.78, 5) is 0. The lowest BCUT2D eigenvalue weighted by Gasteiger charge is -2.28. The molecule has 1 fully saturated rings. The smallest absolute Gasteiger partial charge is 0.0574 e. The lowest BCUT2D eigenvalue weighted by atomic mass is 9.87. The molecule has 0 aromatic rings. The molecule has 2 nitrogen and oxygen atoms in total. The number of ether oxygens (including phenoxy) is 1. The van der Waals surface area contributed by atoms with E-state index in [1.54, 1.807) is 0 Å². The van der Waals surface area contributed by atoms with Crippen LogP contribution in [-0.2, 0) is 4.74 Å². The highest BCUT2D eigenvalue weighted by molar-refractivity contribution is 4.74. The van der Waals surface area contributed by atoms with Crippen LogP contribution < -0.4 is 5.32 Å². The Morgan fingerprint density at radius 3 is 2.92 bits per heavy atom. The van der Waals surface area contributed by atoms with Crippen LogP contribution in [0.2, 0.25) is 0 Å². The Hall–Kier alpha value is -0.0800. The summed E-state index contributed by atoms with van der Waals surface area (Å²) in [5, 5.41) is 3.49. The normalized spacial score (nSPS) is 29.1. The molecule has 78 valence electrons. The minimum absolute atomic E-state index is 0.530. The van der Waals surface area contributed by atoms with Crippen molar-refractivity contribution in [1.29, 1.82) is 0 Å². The van der Waals surface area contributed by atoms with E-state index in [1.165, 1.54) is 38.6 Å². The molecule has 1 aliphatic carbocycles. The van der Waals surface area contributed by atoms with Crippen molar-refractivity contribution in [3.05, 3.63) is 0 Å². The molecule has 1 rings (SSSR count). The van der Waals surface area contributed by atoms with Gasteiger partial charge in [0.15, 0.2) is 0 Å². The van der Waals surface area contributed by atoms with E-state index < -0.39 is 0 Å². The zero-order valence-corrected chi connectivity index (χ0v) is 9.01. The van der Waals surface area contributed by atoms with E-state index in [-0.39, 0.29) is 0 Å². The van der Waals surface area contributed by atoms with Crippen molar-refractivity contribution in [3.63, 3.8) is 0 Å². The van der Waals surface area contributed by atoms with Crippen LogP contribution in [0.15, 0.2) is 0 Å². The van der Waals surface area contributed by atoms with E-state index in [0.717, 1.165) is 12.5 Å². The average Bonchev–Trinajstić information content (AvgIpc) is 2.19. The molecule has 1 aliphatic rings. The summed E-state index contributed by atoms with van der Waals surface area (Å²) in [5.74, 6) is 0.852. The van der Waals surface area contributed by atoms with E-state index in [2.05, 4.69) is 12.2 Å². The van der Waals surface area contributed by atoms with Gasteiger partial charge in [-0.3, -0.25) is 0 Å². The minimum atomic E-state index is 0.530.